The summed E-state index contributed by atoms with van der Waals surface area (Å²) in [5, 5.41) is 9.83. The van der Waals surface area contributed by atoms with Gasteiger partial charge in [0.05, 0.1) is 0 Å². The second-order valence-electron chi connectivity index (χ2n) is 4.64. The smallest absolute Gasteiger partial charge is 0.119 e. The van der Waals surface area contributed by atoms with Crippen molar-refractivity contribution in [1.29, 1.82) is 0 Å². The van der Waals surface area contributed by atoms with E-state index in [1.807, 2.05) is 12.1 Å². The van der Waals surface area contributed by atoms with Crippen LogP contribution in [0.2, 0.25) is 0 Å². The summed E-state index contributed by atoms with van der Waals surface area (Å²) in [6, 6.07) is 7.79. The van der Waals surface area contributed by atoms with Crippen molar-refractivity contribution in [3.05, 3.63) is 29.8 Å². The molecule has 1 aromatic carbocycles. The van der Waals surface area contributed by atoms with E-state index in [0.717, 1.165) is 5.56 Å². The normalized spacial score (nSPS) is 20.6. The predicted octanol–water partition coefficient (Wildman–Crippen LogP) is 3.61. The van der Waals surface area contributed by atoms with E-state index in [0.29, 0.717) is 5.75 Å². The third kappa shape index (κ3) is 1.63. The predicted molar refractivity (Wildman–Crippen MR) is 58.5 cm³/mol. The SMILES string of the molecule is CC1(c2ccccc2O)CCCCC1. The molecular weight excluding hydrogens is 172 g/mol. The Labute approximate surface area is 85.8 Å². The summed E-state index contributed by atoms with van der Waals surface area (Å²) in [5.74, 6) is 0.469. The molecule has 0 radical (unpaired) electrons. The number of aromatic hydroxyl groups is 1. The topological polar surface area (TPSA) is 20.2 Å². The Hall–Kier alpha value is -0.980. The van der Waals surface area contributed by atoms with Crippen LogP contribution in [0.15, 0.2) is 24.3 Å². The highest BCUT2D eigenvalue weighted by Crippen LogP contribution is 2.42. The van der Waals surface area contributed by atoms with Crippen molar-refractivity contribution in [2.24, 2.45) is 0 Å². The first kappa shape index (κ1) is 9.57. The quantitative estimate of drug-likeness (QED) is 0.717. The molecule has 1 aromatic rings. The molecule has 0 amide bonds. The summed E-state index contributed by atoms with van der Waals surface area (Å²) < 4.78 is 0. The van der Waals surface area contributed by atoms with E-state index >= 15 is 0 Å². The molecule has 1 aliphatic rings. The van der Waals surface area contributed by atoms with Gasteiger partial charge in [-0.25, -0.2) is 0 Å². The molecule has 1 aliphatic carbocycles. The van der Waals surface area contributed by atoms with Crippen LogP contribution in [0, 0.1) is 0 Å². The van der Waals surface area contributed by atoms with Crippen LogP contribution in [0.5, 0.6) is 5.75 Å². The van der Waals surface area contributed by atoms with Crippen LogP contribution in [0.25, 0.3) is 0 Å². The first-order valence-electron chi connectivity index (χ1n) is 5.51. The van der Waals surface area contributed by atoms with Crippen LogP contribution >= 0.6 is 0 Å². The van der Waals surface area contributed by atoms with E-state index < -0.39 is 0 Å². The molecule has 1 saturated carbocycles. The number of phenols is 1. The zero-order valence-electron chi connectivity index (χ0n) is 8.79. The lowest BCUT2D eigenvalue weighted by molar-refractivity contribution is 0.308. The van der Waals surface area contributed by atoms with Crippen molar-refractivity contribution in [2.75, 3.05) is 0 Å². The van der Waals surface area contributed by atoms with E-state index in [2.05, 4.69) is 13.0 Å². The largest absolute Gasteiger partial charge is 0.508 e. The van der Waals surface area contributed by atoms with Gasteiger partial charge in [-0.2, -0.15) is 0 Å². The maximum atomic E-state index is 9.83. The second kappa shape index (κ2) is 3.64. The molecule has 0 heterocycles. The third-order valence-corrected chi connectivity index (χ3v) is 3.51. The fourth-order valence-electron chi connectivity index (χ4n) is 2.59. The lowest BCUT2D eigenvalue weighted by Gasteiger charge is -2.34. The summed E-state index contributed by atoms with van der Waals surface area (Å²) in [5.41, 5.74) is 1.35. The zero-order chi connectivity index (χ0) is 10.0. The number of hydrogen-bond acceptors (Lipinski definition) is 1. The highest BCUT2D eigenvalue weighted by molar-refractivity contribution is 5.38. The van der Waals surface area contributed by atoms with Crippen LogP contribution in [0.3, 0.4) is 0 Å². The second-order valence-corrected chi connectivity index (χ2v) is 4.64. The summed E-state index contributed by atoms with van der Waals surface area (Å²) in [6.45, 7) is 2.28. The molecule has 0 bridgehead atoms. The van der Waals surface area contributed by atoms with Gasteiger partial charge in [-0.1, -0.05) is 44.4 Å². The van der Waals surface area contributed by atoms with Crippen molar-refractivity contribution in [3.8, 4) is 5.75 Å². The van der Waals surface area contributed by atoms with Gasteiger partial charge in [0.25, 0.3) is 0 Å². The average molecular weight is 190 g/mol. The van der Waals surface area contributed by atoms with Gasteiger partial charge in [-0.05, 0) is 29.9 Å². The van der Waals surface area contributed by atoms with Gasteiger partial charge in [0.15, 0.2) is 0 Å². The zero-order valence-corrected chi connectivity index (χ0v) is 8.79. The fraction of sp³-hybridized carbons (Fsp3) is 0.538. The van der Waals surface area contributed by atoms with Gasteiger partial charge in [-0.3, -0.25) is 0 Å². The molecule has 0 aliphatic heterocycles. The van der Waals surface area contributed by atoms with Gasteiger partial charge in [0.1, 0.15) is 5.75 Å². The molecule has 1 nitrogen and oxygen atoms in total. The van der Waals surface area contributed by atoms with Crippen molar-refractivity contribution in [1.82, 2.24) is 0 Å². The van der Waals surface area contributed by atoms with Crippen molar-refractivity contribution < 1.29 is 5.11 Å². The molecule has 76 valence electrons. The first-order valence-corrected chi connectivity index (χ1v) is 5.51. The maximum absolute atomic E-state index is 9.83. The molecule has 0 unspecified atom stereocenters. The number of rotatable bonds is 1. The fourth-order valence-corrected chi connectivity index (χ4v) is 2.59. The molecule has 0 spiro atoms. The van der Waals surface area contributed by atoms with Gasteiger partial charge in [0.2, 0.25) is 0 Å². The number of hydrogen-bond donors (Lipinski definition) is 1. The number of phenolic OH excluding ortho intramolecular Hbond substituents is 1. The monoisotopic (exact) mass is 190 g/mol. The first-order chi connectivity index (χ1) is 6.72. The molecule has 1 N–H and O–H groups in total. The van der Waals surface area contributed by atoms with Crippen LogP contribution in [-0.2, 0) is 5.41 Å². The van der Waals surface area contributed by atoms with Crippen LogP contribution in [0.1, 0.15) is 44.6 Å². The average Bonchev–Trinajstić information content (AvgIpc) is 2.19. The van der Waals surface area contributed by atoms with Gasteiger partial charge in [0, 0.05) is 0 Å². The van der Waals surface area contributed by atoms with Crippen LogP contribution < -0.4 is 0 Å². The highest BCUT2D eigenvalue weighted by atomic mass is 16.3. The Morgan fingerprint density at radius 3 is 2.36 bits per heavy atom. The molecule has 0 saturated heterocycles. The van der Waals surface area contributed by atoms with Gasteiger partial charge >= 0.3 is 0 Å². The molecule has 0 aromatic heterocycles. The Kier molecular flexibility index (Phi) is 2.49. The third-order valence-electron chi connectivity index (χ3n) is 3.51. The van der Waals surface area contributed by atoms with E-state index in [4.69, 9.17) is 0 Å². The Balaban J connectivity index is 2.32. The van der Waals surface area contributed by atoms with Gasteiger partial charge in [-0.15, -0.1) is 0 Å². The number of benzene rings is 1. The van der Waals surface area contributed by atoms with Gasteiger partial charge < -0.3 is 5.11 Å². The van der Waals surface area contributed by atoms with Crippen molar-refractivity contribution >= 4 is 0 Å². The molecule has 1 fully saturated rings. The van der Waals surface area contributed by atoms with Crippen molar-refractivity contribution in [3.63, 3.8) is 0 Å². The lowest BCUT2D eigenvalue weighted by atomic mass is 9.71. The van der Waals surface area contributed by atoms with Crippen LogP contribution in [-0.4, -0.2) is 5.11 Å². The minimum absolute atomic E-state index is 0.212. The molecule has 14 heavy (non-hydrogen) atoms. The van der Waals surface area contributed by atoms with E-state index in [9.17, 15) is 5.11 Å². The summed E-state index contributed by atoms with van der Waals surface area (Å²) in [7, 11) is 0. The minimum Gasteiger partial charge on any atom is -0.508 e. The van der Waals surface area contributed by atoms with Crippen molar-refractivity contribution in [2.45, 2.75) is 44.4 Å². The molecule has 0 atom stereocenters. The molecule has 1 heteroatoms. The van der Waals surface area contributed by atoms with Crippen LogP contribution in [0.4, 0.5) is 0 Å². The standard InChI is InChI=1S/C13H18O/c1-13(9-5-2-6-10-13)11-7-3-4-8-12(11)14/h3-4,7-8,14H,2,5-6,9-10H2,1H3. The Morgan fingerprint density at radius 1 is 1.07 bits per heavy atom. The minimum atomic E-state index is 0.212. The van der Waals surface area contributed by atoms with E-state index in [1.54, 1.807) is 6.07 Å². The van der Waals surface area contributed by atoms with E-state index in [1.165, 1.54) is 32.1 Å². The summed E-state index contributed by atoms with van der Waals surface area (Å²) >= 11 is 0. The number of para-hydroxylation sites is 1. The molecule has 2 rings (SSSR count). The lowest BCUT2D eigenvalue weighted by Crippen LogP contribution is -2.24. The summed E-state index contributed by atoms with van der Waals surface area (Å²) in [6.07, 6.45) is 6.37. The Morgan fingerprint density at radius 2 is 1.71 bits per heavy atom. The molecular formula is C13H18O. The van der Waals surface area contributed by atoms with E-state index in [-0.39, 0.29) is 5.41 Å². The Bertz CT molecular complexity index is 311. The highest BCUT2D eigenvalue weighted by Gasteiger charge is 2.30. The maximum Gasteiger partial charge on any atom is 0.119 e. The summed E-state index contributed by atoms with van der Waals surface area (Å²) in [4.78, 5) is 0.